The Bertz CT molecular complexity index is 1390. The zero-order valence-electron chi connectivity index (χ0n) is 19.0. The van der Waals surface area contributed by atoms with Crippen LogP contribution in [0, 0.1) is 11.3 Å². The molecule has 1 heterocycles. The number of benzene rings is 2. The van der Waals surface area contributed by atoms with Crippen molar-refractivity contribution >= 4 is 27.6 Å². The number of aromatic hydroxyl groups is 1. The standard InChI is InChI=1S/C23H22N4O7S/c1-26-35(31,32)14-9-10-17(28)16(11-14)27-20(23(30)34-3)19(22(29)33-2)18(15(12-24)21(27)25)13-7-5-4-6-8-13/h4-11,18,26,28H,25H2,1-3H3. The van der Waals surface area contributed by atoms with Crippen LogP contribution in [0.3, 0.4) is 0 Å². The number of nitrogens with zero attached hydrogens (tertiary/aromatic N) is 2. The van der Waals surface area contributed by atoms with Crippen molar-refractivity contribution in [2.45, 2.75) is 10.8 Å². The fourth-order valence-electron chi connectivity index (χ4n) is 3.73. The summed E-state index contributed by atoms with van der Waals surface area (Å²) in [6, 6.07) is 13.6. The predicted molar refractivity (Wildman–Crippen MR) is 124 cm³/mol. The molecule has 4 N–H and O–H groups in total. The van der Waals surface area contributed by atoms with Gasteiger partial charge in [-0.3, -0.25) is 4.90 Å². The van der Waals surface area contributed by atoms with Gasteiger partial charge in [0.1, 0.15) is 17.3 Å². The Hall–Kier alpha value is -4.34. The first-order valence-corrected chi connectivity index (χ1v) is 11.5. The zero-order valence-corrected chi connectivity index (χ0v) is 19.8. The lowest BCUT2D eigenvalue weighted by atomic mass is 9.81. The second-order valence-corrected chi connectivity index (χ2v) is 9.08. The molecule has 35 heavy (non-hydrogen) atoms. The summed E-state index contributed by atoms with van der Waals surface area (Å²) in [5.41, 5.74) is 5.68. The molecule has 2 aromatic rings. The van der Waals surface area contributed by atoms with Crippen molar-refractivity contribution in [1.82, 2.24) is 4.72 Å². The van der Waals surface area contributed by atoms with Crippen LogP contribution >= 0.6 is 0 Å². The Labute approximate surface area is 201 Å². The number of ether oxygens (including phenoxy) is 2. The minimum Gasteiger partial charge on any atom is -0.506 e. The van der Waals surface area contributed by atoms with Gasteiger partial charge in [-0.1, -0.05) is 30.3 Å². The Morgan fingerprint density at radius 3 is 2.29 bits per heavy atom. The molecule has 0 saturated carbocycles. The number of carbonyl (C=O) groups is 2. The normalized spacial score (nSPS) is 16.1. The van der Waals surface area contributed by atoms with Gasteiger partial charge in [0.2, 0.25) is 10.0 Å². The molecule has 0 radical (unpaired) electrons. The molecule has 1 aliphatic rings. The van der Waals surface area contributed by atoms with E-state index < -0.39 is 39.3 Å². The Morgan fingerprint density at radius 2 is 1.74 bits per heavy atom. The monoisotopic (exact) mass is 498 g/mol. The summed E-state index contributed by atoms with van der Waals surface area (Å²) in [4.78, 5) is 26.7. The number of sulfonamides is 1. The molecule has 11 nitrogen and oxygen atoms in total. The van der Waals surface area contributed by atoms with Crippen LogP contribution in [0.4, 0.5) is 5.69 Å². The third-order valence-electron chi connectivity index (χ3n) is 5.38. The van der Waals surface area contributed by atoms with Gasteiger partial charge in [0, 0.05) is 0 Å². The maximum atomic E-state index is 13.0. The van der Waals surface area contributed by atoms with Gasteiger partial charge < -0.3 is 20.3 Å². The van der Waals surface area contributed by atoms with Crippen LogP contribution in [-0.4, -0.2) is 46.7 Å². The lowest BCUT2D eigenvalue weighted by molar-refractivity contribution is -0.139. The number of hydrogen-bond donors (Lipinski definition) is 3. The fraction of sp³-hybridized carbons (Fsp3) is 0.174. The highest BCUT2D eigenvalue weighted by Crippen LogP contribution is 2.45. The molecule has 0 aromatic heterocycles. The van der Waals surface area contributed by atoms with E-state index in [0.717, 1.165) is 37.3 Å². The van der Waals surface area contributed by atoms with E-state index >= 15 is 0 Å². The van der Waals surface area contributed by atoms with Crippen LogP contribution in [0.2, 0.25) is 0 Å². The number of nitrogens with two attached hydrogens (primary N) is 1. The molecule has 0 bridgehead atoms. The molecule has 3 rings (SSSR count). The Morgan fingerprint density at radius 1 is 1.11 bits per heavy atom. The van der Waals surface area contributed by atoms with Crippen LogP contribution in [0.25, 0.3) is 0 Å². The molecule has 0 saturated heterocycles. The van der Waals surface area contributed by atoms with Crippen molar-refractivity contribution < 1.29 is 32.6 Å². The average molecular weight is 499 g/mol. The quantitative estimate of drug-likeness (QED) is 0.491. The van der Waals surface area contributed by atoms with Crippen molar-refractivity contribution in [2.24, 2.45) is 5.73 Å². The van der Waals surface area contributed by atoms with E-state index in [1.54, 1.807) is 30.3 Å². The lowest BCUT2D eigenvalue weighted by Gasteiger charge is -2.36. The molecule has 182 valence electrons. The highest BCUT2D eigenvalue weighted by molar-refractivity contribution is 7.89. The molecular weight excluding hydrogens is 476 g/mol. The molecule has 12 heteroatoms. The number of carbonyl (C=O) groups excluding carboxylic acids is 2. The number of esters is 2. The van der Waals surface area contributed by atoms with Crippen molar-refractivity contribution in [3.05, 3.63) is 76.8 Å². The van der Waals surface area contributed by atoms with Gasteiger partial charge in [0.15, 0.2) is 0 Å². The van der Waals surface area contributed by atoms with Crippen LogP contribution in [-0.2, 0) is 29.1 Å². The topological polar surface area (TPSA) is 172 Å². The summed E-state index contributed by atoms with van der Waals surface area (Å²) >= 11 is 0. The number of nitrogens with one attached hydrogen (secondary N) is 1. The highest BCUT2D eigenvalue weighted by Gasteiger charge is 2.43. The van der Waals surface area contributed by atoms with E-state index in [1.807, 2.05) is 6.07 Å². The first-order valence-electron chi connectivity index (χ1n) is 10.0. The van der Waals surface area contributed by atoms with E-state index in [4.69, 9.17) is 15.2 Å². The number of methoxy groups -OCH3 is 2. The summed E-state index contributed by atoms with van der Waals surface area (Å²) in [5.74, 6) is -3.89. The number of anilines is 1. The predicted octanol–water partition coefficient (Wildman–Crippen LogP) is 1.20. The number of rotatable bonds is 6. The number of phenols is 1. The largest absolute Gasteiger partial charge is 0.506 e. The van der Waals surface area contributed by atoms with Crippen molar-refractivity contribution in [3.63, 3.8) is 0 Å². The van der Waals surface area contributed by atoms with Crippen LogP contribution in [0.1, 0.15) is 11.5 Å². The van der Waals surface area contributed by atoms with Gasteiger partial charge >= 0.3 is 11.9 Å². The molecule has 0 amide bonds. The Kier molecular flexibility index (Phi) is 7.14. The number of nitriles is 1. The van der Waals surface area contributed by atoms with E-state index in [9.17, 15) is 28.4 Å². The van der Waals surface area contributed by atoms with Crippen molar-refractivity contribution in [3.8, 4) is 11.8 Å². The average Bonchev–Trinajstić information content (AvgIpc) is 2.87. The molecule has 1 unspecified atom stereocenters. The number of phenolic OH excluding ortho intramolecular Hbond substituents is 1. The number of hydrogen-bond acceptors (Lipinski definition) is 10. The molecule has 0 aliphatic carbocycles. The molecule has 1 aliphatic heterocycles. The SMILES string of the molecule is CNS(=O)(=O)c1ccc(O)c(N2C(N)=C(C#N)C(c3ccccc3)C(C(=O)OC)=C2C(=O)OC)c1. The minimum absolute atomic E-state index is 0.134. The smallest absolute Gasteiger partial charge is 0.355 e. The minimum atomic E-state index is -3.98. The van der Waals surface area contributed by atoms with E-state index in [1.165, 1.54) is 7.05 Å². The lowest BCUT2D eigenvalue weighted by Crippen LogP contribution is -2.40. The fourth-order valence-corrected chi connectivity index (χ4v) is 4.48. The summed E-state index contributed by atoms with van der Waals surface area (Å²) < 4.78 is 36.8. The molecule has 2 aromatic carbocycles. The zero-order chi connectivity index (χ0) is 25.9. The summed E-state index contributed by atoms with van der Waals surface area (Å²) in [6.07, 6.45) is 0. The van der Waals surface area contributed by atoms with Crippen LogP contribution < -0.4 is 15.4 Å². The second kappa shape index (κ2) is 9.88. The maximum Gasteiger partial charge on any atom is 0.355 e. The van der Waals surface area contributed by atoms with Gasteiger partial charge in [-0.15, -0.1) is 0 Å². The molecule has 0 fully saturated rings. The second-order valence-electron chi connectivity index (χ2n) is 7.19. The van der Waals surface area contributed by atoms with Crippen molar-refractivity contribution in [2.75, 3.05) is 26.2 Å². The first-order chi connectivity index (χ1) is 16.6. The van der Waals surface area contributed by atoms with Gasteiger partial charge in [0.25, 0.3) is 0 Å². The van der Waals surface area contributed by atoms with Gasteiger partial charge in [-0.2, -0.15) is 5.26 Å². The van der Waals surface area contributed by atoms with Gasteiger partial charge in [0.05, 0.1) is 47.9 Å². The molecule has 0 spiro atoms. The van der Waals surface area contributed by atoms with E-state index in [0.29, 0.717) is 5.56 Å². The highest BCUT2D eigenvalue weighted by atomic mass is 32.2. The third kappa shape index (κ3) is 4.42. The molecule has 1 atom stereocenters. The van der Waals surface area contributed by atoms with Gasteiger partial charge in [-0.05, 0) is 30.8 Å². The van der Waals surface area contributed by atoms with Crippen LogP contribution in [0.5, 0.6) is 5.75 Å². The first kappa shape index (κ1) is 25.3. The van der Waals surface area contributed by atoms with Crippen molar-refractivity contribution in [1.29, 1.82) is 5.26 Å². The van der Waals surface area contributed by atoms with Crippen LogP contribution in [0.15, 0.2) is 76.1 Å². The van der Waals surface area contributed by atoms with E-state index in [2.05, 4.69) is 4.72 Å². The summed E-state index contributed by atoms with van der Waals surface area (Å²) in [5, 5.41) is 20.7. The van der Waals surface area contributed by atoms with E-state index in [-0.39, 0.29) is 27.6 Å². The summed E-state index contributed by atoms with van der Waals surface area (Å²) in [6.45, 7) is 0. The number of allylic oxidation sites excluding steroid dienone is 1. The maximum absolute atomic E-state index is 13.0. The summed E-state index contributed by atoms with van der Waals surface area (Å²) in [7, 11) is -0.609. The van der Waals surface area contributed by atoms with Gasteiger partial charge in [-0.25, -0.2) is 22.7 Å². The molecular formula is C23H22N4O7S. The Balaban J connectivity index is 2.47. The third-order valence-corrected chi connectivity index (χ3v) is 6.79.